The monoisotopic (exact) mass is 634 g/mol. The van der Waals surface area contributed by atoms with Crippen molar-refractivity contribution in [2.24, 2.45) is 23.7 Å². The molecule has 10 heteroatoms. The van der Waals surface area contributed by atoms with Crippen LogP contribution in [-0.2, 0) is 25.5 Å². The van der Waals surface area contributed by atoms with E-state index >= 15 is 0 Å². The van der Waals surface area contributed by atoms with E-state index in [1.807, 2.05) is 13.0 Å². The maximum atomic E-state index is 13.3. The Morgan fingerprint density at radius 2 is 1.70 bits per heavy atom. The van der Waals surface area contributed by atoms with Gasteiger partial charge in [0.2, 0.25) is 0 Å². The van der Waals surface area contributed by atoms with Crippen molar-refractivity contribution in [3.05, 3.63) is 83.7 Å². The number of carbonyl (C=O) groups excluding carboxylic acids is 2. The molecule has 6 atom stereocenters. The summed E-state index contributed by atoms with van der Waals surface area (Å²) in [5.74, 6) is -1.81. The number of methoxy groups -OCH3 is 2. The quantitative estimate of drug-likeness (QED) is 0.374. The molecule has 5 heterocycles. The predicted molar refractivity (Wildman–Crippen MR) is 178 cm³/mol. The van der Waals surface area contributed by atoms with Crippen LogP contribution in [0.25, 0.3) is 28.4 Å². The van der Waals surface area contributed by atoms with Gasteiger partial charge < -0.3 is 35.2 Å². The molecule has 1 saturated heterocycles. The molecule has 0 saturated carbocycles. The topological polar surface area (TPSA) is 129 Å². The van der Waals surface area contributed by atoms with E-state index in [-0.39, 0.29) is 53.2 Å². The minimum absolute atomic E-state index is 0. The average molecular weight is 635 g/mol. The molecule has 2 aromatic rings. The van der Waals surface area contributed by atoms with Gasteiger partial charge in [-0.2, -0.15) is 11.4 Å². The van der Waals surface area contributed by atoms with Crippen LogP contribution in [0.15, 0.2) is 28.7 Å². The van der Waals surface area contributed by atoms with E-state index in [0.29, 0.717) is 28.3 Å². The molecule has 2 aromatic heterocycles. The number of allylic oxidation sites excluding steroid dienone is 3. The molecule has 240 valence electrons. The van der Waals surface area contributed by atoms with Crippen molar-refractivity contribution >= 4 is 52.7 Å². The first-order valence-electron chi connectivity index (χ1n) is 16.0. The third-order valence-electron chi connectivity index (χ3n) is 10.5. The van der Waals surface area contributed by atoms with E-state index in [9.17, 15) is 14.7 Å². The second kappa shape index (κ2) is 13.1. The number of rotatable bonds is 6. The number of ether oxygens (including phenoxy) is 2. The van der Waals surface area contributed by atoms with Crippen LogP contribution >= 0.6 is 0 Å². The van der Waals surface area contributed by atoms with Gasteiger partial charge in [-0.3, -0.25) is 9.59 Å². The van der Waals surface area contributed by atoms with Gasteiger partial charge in [0.15, 0.2) is 0 Å². The minimum atomic E-state index is -1.13. The van der Waals surface area contributed by atoms with Crippen molar-refractivity contribution < 1.29 is 24.2 Å². The second-order valence-corrected chi connectivity index (χ2v) is 12.7. The molecule has 0 aromatic carbocycles. The molecule has 0 radical (unpaired) electrons. The summed E-state index contributed by atoms with van der Waals surface area (Å²) < 4.78 is 10.2. The molecular weight excluding hydrogens is 593 g/mol. The Hall–Kier alpha value is -3.21. The SMILES string of the molecule is CCc1c2[n-]c(c1C)/C=C1\[N-]C(=C(C)[C@H]1CC)/C=C1\[N-]C(C3=c4[n-]/c(c(C)c4[C@@H](O)[C@@H]3C(=O)OC)=C\2)[C@@H](CCC(=O)OC)[C@@H]1C.[Mg+2]. The molecule has 1 aliphatic carbocycles. The standard InChI is InChI=1S/C36H42N4O5.Mg/c1-9-20-16(3)23-13-25-18(5)22(11-12-29(41)44-7)33(39-25)31-32(36(43)45-8)35(42)30-19(6)26(40-34(30)31)15-28-21(10-2)17(4)24(38-28)14-27(20)37-23;/h13-15,18,20,22,32-33,35,42H,9-12H2,1-8H3;/q-4;+2/b25-13-,26-15-,27-14-;/t18-,20+,22-,32+,33?,35+;/m0./s1. The fourth-order valence-electron chi connectivity index (χ4n) is 7.87. The summed E-state index contributed by atoms with van der Waals surface area (Å²) in [4.78, 5) is 35.8. The van der Waals surface area contributed by atoms with Crippen molar-refractivity contribution in [3.63, 3.8) is 0 Å². The van der Waals surface area contributed by atoms with Crippen LogP contribution in [0.5, 0.6) is 0 Å². The smallest absolute Gasteiger partial charge is 0.681 e. The normalized spacial score (nSPS) is 29.1. The minimum Gasteiger partial charge on any atom is -0.681 e. The molecule has 1 fully saturated rings. The molecule has 46 heavy (non-hydrogen) atoms. The van der Waals surface area contributed by atoms with Gasteiger partial charge in [0.1, 0.15) is 5.92 Å². The first-order valence-corrected chi connectivity index (χ1v) is 16.0. The van der Waals surface area contributed by atoms with Gasteiger partial charge in [0.25, 0.3) is 0 Å². The number of hydrogen-bond donors (Lipinski definition) is 1. The Labute approximate surface area is 286 Å². The summed E-state index contributed by atoms with van der Waals surface area (Å²) in [6.45, 7) is 12.6. The molecule has 0 amide bonds. The average Bonchev–Trinajstić information content (AvgIpc) is 3.76. The van der Waals surface area contributed by atoms with Crippen LogP contribution in [0.2, 0.25) is 0 Å². The van der Waals surface area contributed by atoms with Gasteiger partial charge in [0, 0.05) is 6.42 Å². The number of esters is 2. The number of aromatic nitrogens is 2. The van der Waals surface area contributed by atoms with E-state index in [2.05, 4.69) is 46.8 Å². The number of nitrogens with zero attached hydrogens (tertiary/aromatic N) is 4. The second-order valence-electron chi connectivity index (χ2n) is 12.7. The largest absolute Gasteiger partial charge is 2.00 e. The van der Waals surface area contributed by atoms with Gasteiger partial charge in [-0.15, -0.1) is 27.8 Å². The zero-order valence-electron chi connectivity index (χ0n) is 28.1. The van der Waals surface area contributed by atoms with Crippen LogP contribution in [0.1, 0.15) is 86.7 Å². The van der Waals surface area contributed by atoms with Crippen molar-refractivity contribution in [2.45, 2.75) is 79.4 Å². The van der Waals surface area contributed by atoms with Gasteiger partial charge >= 0.3 is 35.0 Å². The summed E-state index contributed by atoms with van der Waals surface area (Å²) in [5, 5.41) is 23.4. The molecule has 8 bridgehead atoms. The third-order valence-corrected chi connectivity index (χ3v) is 10.5. The molecule has 3 aliphatic heterocycles. The van der Waals surface area contributed by atoms with Gasteiger partial charge in [-0.1, -0.05) is 72.9 Å². The van der Waals surface area contributed by atoms with Crippen molar-refractivity contribution in [1.82, 2.24) is 9.97 Å². The maximum absolute atomic E-state index is 13.3. The van der Waals surface area contributed by atoms with Crippen LogP contribution in [0.4, 0.5) is 0 Å². The fraction of sp³-hybridized carbons (Fsp3) is 0.500. The first kappa shape index (κ1) is 34.1. The Morgan fingerprint density at radius 3 is 2.35 bits per heavy atom. The van der Waals surface area contributed by atoms with Crippen molar-refractivity contribution in [2.75, 3.05) is 14.2 Å². The molecule has 9 nitrogen and oxygen atoms in total. The molecule has 4 aliphatic rings. The summed E-state index contributed by atoms with van der Waals surface area (Å²) >= 11 is 0. The molecule has 6 rings (SSSR count). The Morgan fingerprint density at radius 1 is 0.957 bits per heavy atom. The van der Waals surface area contributed by atoms with E-state index < -0.39 is 24.0 Å². The van der Waals surface area contributed by atoms with E-state index in [1.54, 1.807) is 0 Å². The van der Waals surface area contributed by atoms with Gasteiger partial charge in [0.05, 0.1) is 20.3 Å². The number of aliphatic hydroxyl groups excluding tert-OH is 1. The number of fused-ring (bicyclic) bond motifs is 8. The maximum Gasteiger partial charge on any atom is 2.00 e. The van der Waals surface area contributed by atoms with Gasteiger partial charge in [-0.05, 0) is 63.4 Å². The van der Waals surface area contributed by atoms with Crippen LogP contribution in [0, 0.1) is 37.5 Å². The van der Waals surface area contributed by atoms with Crippen LogP contribution in [0.3, 0.4) is 0 Å². The Balaban J connectivity index is 0.00000417. The molecular formula is C36H42MgN4O5-2. The first-order chi connectivity index (χ1) is 21.5. The molecule has 0 spiro atoms. The third kappa shape index (κ3) is 5.36. The zero-order valence-corrected chi connectivity index (χ0v) is 29.5. The summed E-state index contributed by atoms with van der Waals surface area (Å²) in [7, 11) is 2.72. The number of hydrogen-bond acceptors (Lipinski definition) is 5. The van der Waals surface area contributed by atoms with E-state index in [0.717, 1.165) is 58.0 Å². The summed E-state index contributed by atoms with van der Waals surface area (Å²) in [6.07, 6.45) is 7.48. The fourth-order valence-corrected chi connectivity index (χ4v) is 7.87. The van der Waals surface area contributed by atoms with E-state index in [1.165, 1.54) is 19.8 Å². The number of carbonyl (C=O) groups is 2. The van der Waals surface area contributed by atoms with E-state index in [4.69, 9.17) is 30.1 Å². The molecule has 1 N–H and O–H groups in total. The Kier molecular flexibility index (Phi) is 9.74. The van der Waals surface area contributed by atoms with Crippen molar-refractivity contribution in [1.29, 1.82) is 0 Å². The number of aliphatic hydroxyl groups is 1. The summed E-state index contributed by atoms with van der Waals surface area (Å²) in [6, 6.07) is -0.498. The molecule has 1 unspecified atom stereocenters. The summed E-state index contributed by atoms with van der Waals surface area (Å²) in [5.41, 5.74) is 10.0. The van der Waals surface area contributed by atoms with Crippen LogP contribution < -0.4 is 20.7 Å². The van der Waals surface area contributed by atoms with Crippen molar-refractivity contribution in [3.8, 4) is 0 Å². The van der Waals surface area contributed by atoms with Gasteiger partial charge in [-0.25, -0.2) is 0 Å². The zero-order chi connectivity index (χ0) is 32.3. The predicted octanol–water partition coefficient (Wildman–Crippen LogP) is 4.10. The Bertz CT molecular complexity index is 1790. The van der Waals surface area contributed by atoms with Crippen LogP contribution in [-0.4, -0.2) is 60.4 Å².